The standard InChI is InChI=1S/C40H26N2/c1-2-12-31(13-3-1)41-23-22-30-26-36(33-14-6-7-16-35(33)40(30)41)29-19-21-39-37(25-29)34-15-8-9-17-38(34)42(39)32-20-18-27-10-4-5-11-28(27)24-32/h1-26H. The Kier molecular flexibility index (Phi) is 4.93. The van der Waals surface area contributed by atoms with E-state index in [1.807, 2.05) is 0 Å². The largest absolute Gasteiger partial charge is 0.316 e. The van der Waals surface area contributed by atoms with Crippen molar-refractivity contribution in [3.8, 4) is 22.5 Å². The minimum atomic E-state index is 1.17. The number of hydrogen-bond acceptors (Lipinski definition) is 0. The van der Waals surface area contributed by atoms with Crippen LogP contribution < -0.4 is 0 Å². The van der Waals surface area contributed by atoms with Gasteiger partial charge < -0.3 is 9.13 Å². The van der Waals surface area contributed by atoms with E-state index in [1.54, 1.807) is 0 Å². The maximum atomic E-state index is 2.40. The fourth-order valence-electron chi connectivity index (χ4n) is 6.78. The summed E-state index contributed by atoms with van der Waals surface area (Å²) in [4.78, 5) is 0. The van der Waals surface area contributed by atoms with Crippen LogP contribution in [-0.4, -0.2) is 9.13 Å². The minimum Gasteiger partial charge on any atom is -0.316 e. The predicted octanol–water partition coefficient (Wildman–Crippen LogP) is 10.7. The molecule has 0 aliphatic heterocycles. The van der Waals surface area contributed by atoms with Gasteiger partial charge in [-0.1, -0.05) is 97.1 Å². The number of nitrogens with zero attached hydrogens (tertiary/aromatic N) is 2. The van der Waals surface area contributed by atoms with Gasteiger partial charge in [0.1, 0.15) is 0 Å². The number of hydrogen-bond donors (Lipinski definition) is 0. The molecule has 2 nitrogen and oxygen atoms in total. The lowest BCUT2D eigenvalue weighted by molar-refractivity contribution is 1.13. The van der Waals surface area contributed by atoms with Crippen LogP contribution in [-0.2, 0) is 0 Å². The van der Waals surface area contributed by atoms with Crippen LogP contribution >= 0.6 is 0 Å². The number of rotatable bonds is 3. The van der Waals surface area contributed by atoms with Crippen molar-refractivity contribution in [3.63, 3.8) is 0 Å². The Hall–Kier alpha value is -5.60. The quantitative estimate of drug-likeness (QED) is 0.213. The molecule has 196 valence electrons. The molecule has 0 radical (unpaired) electrons. The van der Waals surface area contributed by atoms with E-state index in [0.717, 1.165) is 0 Å². The fraction of sp³-hybridized carbons (Fsp3) is 0. The molecule has 0 N–H and O–H groups in total. The average Bonchev–Trinajstić information content (AvgIpc) is 3.64. The Bertz CT molecular complexity index is 2460. The number of para-hydroxylation sites is 2. The molecule has 9 rings (SSSR count). The third kappa shape index (κ3) is 3.39. The Morgan fingerprint density at radius 1 is 0.381 bits per heavy atom. The highest BCUT2D eigenvalue weighted by Gasteiger charge is 2.16. The van der Waals surface area contributed by atoms with E-state index in [-0.39, 0.29) is 0 Å². The molecule has 0 aliphatic rings. The third-order valence-corrected chi connectivity index (χ3v) is 8.70. The van der Waals surface area contributed by atoms with Crippen LogP contribution in [0.1, 0.15) is 0 Å². The van der Waals surface area contributed by atoms with Gasteiger partial charge in [-0.25, -0.2) is 0 Å². The van der Waals surface area contributed by atoms with Crippen molar-refractivity contribution in [1.29, 1.82) is 0 Å². The lowest BCUT2D eigenvalue weighted by Crippen LogP contribution is -1.94. The van der Waals surface area contributed by atoms with Crippen LogP contribution in [0.15, 0.2) is 158 Å². The second kappa shape index (κ2) is 8.95. The summed E-state index contributed by atoms with van der Waals surface area (Å²) in [6.07, 6.45) is 2.19. The number of aromatic nitrogens is 2. The molecule has 0 bridgehead atoms. The van der Waals surface area contributed by atoms with Crippen LogP contribution in [0.3, 0.4) is 0 Å². The van der Waals surface area contributed by atoms with Crippen molar-refractivity contribution in [3.05, 3.63) is 158 Å². The third-order valence-electron chi connectivity index (χ3n) is 8.70. The van der Waals surface area contributed by atoms with Gasteiger partial charge in [-0.3, -0.25) is 0 Å². The molecule has 2 aromatic heterocycles. The monoisotopic (exact) mass is 534 g/mol. The maximum Gasteiger partial charge on any atom is 0.0607 e. The molecule has 0 aliphatic carbocycles. The molecule has 0 spiro atoms. The molecule has 0 amide bonds. The van der Waals surface area contributed by atoms with Crippen LogP contribution in [0.5, 0.6) is 0 Å². The summed E-state index contributed by atoms with van der Waals surface area (Å²) in [5, 5.41) is 8.81. The SMILES string of the molecule is c1ccc(-n2ccc3cc(-c4ccc5c(c4)c4ccccc4n5-c4ccc5ccccc5c4)c4ccccc4c32)cc1. The van der Waals surface area contributed by atoms with Crippen molar-refractivity contribution in [2.45, 2.75) is 0 Å². The zero-order valence-corrected chi connectivity index (χ0v) is 22.9. The van der Waals surface area contributed by atoms with E-state index >= 15 is 0 Å². The van der Waals surface area contributed by atoms with Crippen LogP contribution in [0, 0.1) is 0 Å². The van der Waals surface area contributed by atoms with Gasteiger partial charge in [-0.05, 0) is 81.9 Å². The summed E-state index contributed by atoms with van der Waals surface area (Å²) in [7, 11) is 0. The summed E-state index contributed by atoms with van der Waals surface area (Å²) in [5.74, 6) is 0. The van der Waals surface area contributed by atoms with Gasteiger partial charge >= 0.3 is 0 Å². The Morgan fingerprint density at radius 3 is 1.98 bits per heavy atom. The lowest BCUT2D eigenvalue weighted by atomic mass is 9.95. The molecule has 0 unspecified atom stereocenters. The van der Waals surface area contributed by atoms with E-state index < -0.39 is 0 Å². The summed E-state index contributed by atoms with van der Waals surface area (Å²) >= 11 is 0. The highest BCUT2D eigenvalue weighted by atomic mass is 15.0. The molecular weight excluding hydrogens is 508 g/mol. The van der Waals surface area contributed by atoms with Crippen molar-refractivity contribution in [1.82, 2.24) is 9.13 Å². The van der Waals surface area contributed by atoms with Gasteiger partial charge in [0.2, 0.25) is 0 Å². The van der Waals surface area contributed by atoms with Gasteiger partial charge in [0.15, 0.2) is 0 Å². The van der Waals surface area contributed by atoms with Crippen molar-refractivity contribution in [2.75, 3.05) is 0 Å². The molecule has 0 atom stereocenters. The Morgan fingerprint density at radius 2 is 1.10 bits per heavy atom. The molecule has 2 heteroatoms. The van der Waals surface area contributed by atoms with Crippen LogP contribution in [0.25, 0.3) is 76.8 Å². The topological polar surface area (TPSA) is 9.86 Å². The summed E-state index contributed by atoms with van der Waals surface area (Å²) in [6.45, 7) is 0. The number of benzene rings is 7. The molecule has 9 aromatic rings. The first-order chi connectivity index (χ1) is 20.8. The maximum absolute atomic E-state index is 2.40. The number of fused-ring (bicyclic) bond motifs is 7. The molecule has 0 saturated carbocycles. The van der Waals surface area contributed by atoms with Gasteiger partial charge in [0, 0.05) is 39.1 Å². The van der Waals surface area contributed by atoms with Gasteiger partial charge in [0.25, 0.3) is 0 Å². The Labute approximate surface area is 243 Å². The van der Waals surface area contributed by atoms with Crippen LogP contribution in [0.2, 0.25) is 0 Å². The normalized spacial score (nSPS) is 11.8. The van der Waals surface area contributed by atoms with Crippen LogP contribution in [0.4, 0.5) is 0 Å². The molecular formula is C40H26N2. The molecule has 0 fully saturated rings. The Balaban J connectivity index is 1.29. The summed E-state index contributed by atoms with van der Waals surface area (Å²) in [5.41, 5.74) is 8.53. The molecule has 42 heavy (non-hydrogen) atoms. The average molecular weight is 535 g/mol. The van der Waals surface area contributed by atoms with Gasteiger partial charge in [0.05, 0.1) is 16.6 Å². The second-order valence-corrected chi connectivity index (χ2v) is 11.0. The van der Waals surface area contributed by atoms with E-state index in [0.29, 0.717) is 0 Å². The summed E-state index contributed by atoms with van der Waals surface area (Å²) in [6, 6.07) is 55.1. The smallest absolute Gasteiger partial charge is 0.0607 e. The zero-order valence-electron chi connectivity index (χ0n) is 22.9. The highest BCUT2D eigenvalue weighted by molar-refractivity contribution is 6.15. The zero-order chi connectivity index (χ0) is 27.6. The van der Waals surface area contributed by atoms with E-state index in [2.05, 4.69) is 167 Å². The summed E-state index contributed by atoms with van der Waals surface area (Å²) < 4.78 is 4.71. The molecule has 7 aromatic carbocycles. The van der Waals surface area contributed by atoms with Gasteiger partial charge in [-0.15, -0.1) is 0 Å². The van der Waals surface area contributed by atoms with Gasteiger partial charge in [-0.2, -0.15) is 0 Å². The minimum absolute atomic E-state index is 1.17. The van der Waals surface area contributed by atoms with E-state index in [4.69, 9.17) is 0 Å². The molecule has 2 heterocycles. The van der Waals surface area contributed by atoms with Crippen molar-refractivity contribution < 1.29 is 0 Å². The first kappa shape index (κ1) is 23.1. The fourth-order valence-corrected chi connectivity index (χ4v) is 6.78. The molecule has 0 saturated heterocycles. The van der Waals surface area contributed by atoms with Crippen molar-refractivity contribution in [2.24, 2.45) is 0 Å². The highest BCUT2D eigenvalue weighted by Crippen LogP contribution is 2.40. The predicted molar refractivity (Wildman–Crippen MR) is 178 cm³/mol. The van der Waals surface area contributed by atoms with E-state index in [9.17, 15) is 0 Å². The first-order valence-electron chi connectivity index (χ1n) is 14.4. The van der Waals surface area contributed by atoms with Crippen molar-refractivity contribution >= 4 is 54.3 Å². The lowest BCUT2D eigenvalue weighted by Gasteiger charge is -2.13. The van der Waals surface area contributed by atoms with E-state index in [1.165, 1.54) is 76.8 Å². The second-order valence-electron chi connectivity index (χ2n) is 11.0. The first-order valence-corrected chi connectivity index (χ1v) is 14.4.